The maximum atomic E-state index is 11.4. The summed E-state index contributed by atoms with van der Waals surface area (Å²) in [4.78, 5) is 28.6. The standard InChI is InChI=1S/C9H14N4O2/c1-6(4-7(10)14)5-8(15)13-9-11-2-3-12-9/h2-3,6H,4-5H2,1H3,(H2,10,14)(H2,11,12,13,15). The molecule has 1 aromatic rings. The largest absolute Gasteiger partial charge is 0.370 e. The van der Waals surface area contributed by atoms with E-state index in [4.69, 9.17) is 5.73 Å². The number of nitrogens with two attached hydrogens (primary N) is 1. The van der Waals surface area contributed by atoms with Gasteiger partial charge in [-0.25, -0.2) is 4.98 Å². The van der Waals surface area contributed by atoms with Crippen LogP contribution in [-0.4, -0.2) is 21.8 Å². The van der Waals surface area contributed by atoms with Crippen molar-refractivity contribution in [2.75, 3.05) is 5.32 Å². The van der Waals surface area contributed by atoms with Crippen molar-refractivity contribution in [1.29, 1.82) is 0 Å². The Morgan fingerprint density at radius 1 is 1.60 bits per heavy atom. The van der Waals surface area contributed by atoms with E-state index in [1.807, 2.05) is 0 Å². The molecule has 15 heavy (non-hydrogen) atoms. The lowest BCUT2D eigenvalue weighted by Crippen LogP contribution is -2.20. The van der Waals surface area contributed by atoms with Gasteiger partial charge in [-0.2, -0.15) is 0 Å². The Balaban J connectivity index is 2.33. The van der Waals surface area contributed by atoms with E-state index in [0.717, 1.165) is 0 Å². The number of hydrogen-bond donors (Lipinski definition) is 3. The first kappa shape index (κ1) is 11.2. The Hall–Kier alpha value is -1.85. The van der Waals surface area contributed by atoms with Crippen LogP contribution in [0.2, 0.25) is 0 Å². The lowest BCUT2D eigenvalue weighted by Gasteiger charge is -2.07. The molecule has 1 unspecified atom stereocenters. The third-order valence-electron chi connectivity index (χ3n) is 1.84. The van der Waals surface area contributed by atoms with Gasteiger partial charge in [-0.3, -0.25) is 14.9 Å². The number of aromatic nitrogens is 2. The minimum Gasteiger partial charge on any atom is -0.370 e. The summed E-state index contributed by atoms with van der Waals surface area (Å²) in [5.41, 5.74) is 5.02. The van der Waals surface area contributed by atoms with Gasteiger partial charge in [0.05, 0.1) is 0 Å². The molecule has 2 amide bonds. The Bertz CT molecular complexity index is 334. The highest BCUT2D eigenvalue weighted by Gasteiger charge is 2.12. The van der Waals surface area contributed by atoms with Crippen LogP contribution in [0.3, 0.4) is 0 Å². The van der Waals surface area contributed by atoms with Crippen molar-refractivity contribution in [2.24, 2.45) is 11.7 Å². The molecule has 0 saturated carbocycles. The third kappa shape index (κ3) is 4.26. The number of carbonyl (C=O) groups excluding carboxylic acids is 2. The van der Waals surface area contributed by atoms with Crippen LogP contribution < -0.4 is 11.1 Å². The SMILES string of the molecule is CC(CC(N)=O)CC(=O)Nc1ncc[nH]1. The molecule has 1 aromatic heterocycles. The molecule has 0 aromatic carbocycles. The monoisotopic (exact) mass is 210 g/mol. The second-order valence-electron chi connectivity index (χ2n) is 3.47. The molecule has 0 aliphatic carbocycles. The predicted octanol–water partition coefficient (Wildman–Crippen LogP) is 0.250. The lowest BCUT2D eigenvalue weighted by molar-refractivity contribution is -0.119. The Morgan fingerprint density at radius 2 is 2.33 bits per heavy atom. The summed E-state index contributed by atoms with van der Waals surface area (Å²) in [6.07, 6.45) is 3.63. The Morgan fingerprint density at radius 3 is 2.87 bits per heavy atom. The van der Waals surface area contributed by atoms with Crippen LogP contribution in [0.1, 0.15) is 19.8 Å². The number of nitrogens with one attached hydrogen (secondary N) is 2. The molecule has 0 radical (unpaired) electrons. The minimum atomic E-state index is -0.395. The number of H-pyrrole nitrogens is 1. The average Bonchev–Trinajstić information content (AvgIpc) is 2.53. The quantitative estimate of drug-likeness (QED) is 0.649. The molecular formula is C9H14N4O2. The van der Waals surface area contributed by atoms with Crippen molar-refractivity contribution in [3.05, 3.63) is 12.4 Å². The molecule has 0 saturated heterocycles. The minimum absolute atomic E-state index is 0.0579. The Labute approximate surface area is 87.3 Å². The van der Waals surface area contributed by atoms with Crippen LogP contribution >= 0.6 is 0 Å². The third-order valence-corrected chi connectivity index (χ3v) is 1.84. The second-order valence-corrected chi connectivity index (χ2v) is 3.47. The molecule has 1 rings (SSSR count). The summed E-state index contributed by atoms with van der Waals surface area (Å²) in [5, 5.41) is 2.57. The van der Waals surface area contributed by atoms with Crippen LogP contribution in [-0.2, 0) is 9.59 Å². The van der Waals surface area contributed by atoms with Gasteiger partial charge in [-0.1, -0.05) is 6.92 Å². The Kier molecular flexibility index (Phi) is 3.84. The maximum absolute atomic E-state index is 11.4. The number of nitrogens with zero attached hydrogens (tertiary/aromatic N) is 1. The van der Waals surface area contributed by atoms with E-state index in [1.54, 1.807) is 19.3 Å². The zero-order valence-electron chi connectivity index (χ0n) is 8.49. The zero-order valence-corrected chi connectivity index (χ0v) is 8.49. The van der Waals surface area contributed by atoms with Crippen molar-refractivity contribution in [3.63, 3.8) is 0 Å². The van der Waals surface area contributed by atoms with E-state index >= 15 is 0 Å². The van der Waals surface area contributed by atoms with Gasteiger partial charge in [0, 0.05) is 25.2 Å². The lowest BCUT2D eigenvalue weighted by atomic mass is 10.0. The first-order valence-electron chi connectivity index (χ1n) is 4.65. The van der Waals surface area contributed by atoms with Gasteiger partial charge in [0.25, 0.3) is 0 Å². The summed E-state index contributed by atoms with van der Waals surface area (Å²) in [5.74, 6) is -0.226. The molecule has 0 aliphatic heterocycles. The first-order chi connectivity index (χ1) is 7.08. The molecule has 0 aliphatic rings. The highest BCUT2D eigenvalue weighted by atomic mass is 16.2. The molecule has 0 bridgehead atoms. The summed E-state index contributed by atoms with van der Waals surface area (Å²) >= 11 is 0. The van der Waals surface area contributed by atoms with Crippen LogP contribution in [0.5, 0.6) is 0 Å². The molecular weight excluding hydrogens is 196 g/mol. The van der Waals surface area contributed by atoms with E-state index in [0.29, 0.717) is 5.95 Å². The van der Waals surface area contributed by atoms with Crippen molar-refractivity contribution in [1.82, 2.24) is 9.97 Å². The number of aromatic amines is 1. The number of imidazole rings is 1. The number of carbonyl (C=O) groups is 2. The summed E-state index contributed by atoms with van der Waals surface area (Å²) in [7, 11) is 0. The zero-order chi connectivity index (χ0) is 11.3. The molecule has 0 spiro atoms. The van der Waals surface area contributed by atoms with Gasteiger partial charge in [0.1, 0.15) is 0 Å². The molecule has 1 heterocycles. The van der Waals surface area contributed by atoms with Crippen LogP contribution in [0, 0.1) is 5.92 Å². The van der Waals surface area contributed by atoms with E-state index in [9.17, 15) is 9.59 Å². The van der Waals surface area contributed by atoms with E-state index < -0.39 is 5.91 Å². The molecule has 82 valence electrons. The molecule has 1 atom stereocenters. The van der Waals surface area contributed by atoms with E-state index in [1.165, 1.54) is 0 Å². The fourth-order valence-corrected chi connectivity index (χ4v) is 1.25. The topological polar surface area (TPSA) is 101 Å². The number of primary amides is 1. The van der Waals surface area contributed by atoms with E-state index in [-0.39, 0.29) is 24.7 Å². The van der Waals surface area contributed by atoms with Gasteiger partial charge >= 0.3 is 0 Å². The summed E-state index contributed by atoms with van der Waals surface area (Å²) < 4.78 is 0. The number of anilines is 1. The van der Waals surface area contributed by atoms with Crippen molar-refractivity contribution in [3.8, 4) is 0 Å². The van der Waals surface area contributed by atoms with Crippen molar-refractivity contribution < 1.29 is 9.59 Å². The van der Waals surface area contributed by atoms with Crippen LogP contribution in [0.15, 0.2) is 12.4 Å². The van der Waals surface area contributed by atoms with Gasteiger partial charge in [0.15, 0.2) is 0 Å². The fourth-order valence-electron chi connectivity index (χ4n) is 1.25. The molecule has 0 fully saturated rings. The predicted molar refractivity (Wildman–Crippen MR) is 54.8 cm³/mol. The van der Waals surface area contributed by atoms with Gasteiger partial charge in [-0.05, 0) is 5.92 Å². The van der Waals surface area contributed by atoms with E-state index in [2.05, 4.69) is 15.3 Å². The summed E-state index contributed by atoms with van der Waals surface area (Å²) in [6.45, 7) is 1.80. The van der Waals surface area contributed by atoms with Crippen molar-refractivity contribution >= 4 is 17.8 Å². The fraction of sp³-hybridized carbons (Fsp3) is 0.444. The number of rotatable bonds is 5. The van der Waals surface area contributed by atoms with Crippen LogP contribution in [0.25, 0.3) is 0 Å². The highest BCUT2D eigenvalue weighted by molar-refractivity contribution is 5.89. The first-order valence-corrected chi connectivity index (χ1v) is 4.65. The summed E-state index contributed by atoms with van der Waals surface area (Å²) in [6, 6.07) is 0. The number of amides is 2. The van der Waals surface area contributed by atoms with Crippen LogP contribution in [0.4, 0.5) is 5.95 Å². The van der Waals surface area contributed by atoms with Gasteiger partial charge in [-0.15, -0.1) is 0 Å². The van der Waals surface area contributed by atoms with Gasteiger partial charge < -0.3 is 10.7 Å². The molecule has 4 N–H and O–H groups in total. The molecule has 6 heteroatoms. The van der Waals surface area contributed by atoms with Gasteiger partial charge in [0.2, 0.25) is 17.8 Å². The highest BCUT2D eigenvalue weighted by Crippen LogP contribution is 2.08. The maximum Gasteiger partial charge on any atom is 0.226 e. The number of hydrogen-bond acceptors (Lipinski definition) is 3. The average molecular weight is 210 g/mol. The normalized spacial score (nSPS) is 12.1. The van der Waals surface area contributed by atoms with Crippen molar-refractivity contribution in [2.45, 2.75) is 19.8 Å². The second kappa shape index (κ2) is 5.14. The smallest absolute Gasteiger partial charge is 0.226 e. The molecule has 6 nitrogen and oxygen atoms in total.